The molecule has 3 amide bonds. The lowest BCUT2D eigenvalue weighted by Crippen LogP contribution is -2.17. The SMILES string of the molecule is CC(/C=C/C(=O)NO)=C\C(C)C(=O)c1ccc(C)cc1.O=C(CCCCCCC(=O)Nc1ccccc1)NO. The van der Waals surface area contributed by atoms with Crippen LogP contribution in [-0.4, -0.2) is 33.9 Å². The highest BCUT2D eigenvalue weighted by Gasteiger charge is 2.12. The summed E-state index contributed by atoms with van der Waals surface area (Å²) in [6, 6.07) is 16.8. The molecule has 39 heavy (non-hydrogen) atoms. The molecule has 1 atom stereocenters. The number of benzene rings is 2. The molecule has 2 aromatic rings. The third-order valence-electron chi connectivity index (χ3n) is 5.61. The zero-order valence-electron chi connectivity index (χ0n) is 22.8. The summed E-state index contributed by atoms with van der Waals surface area (Å²) in [6.07, 6.45) is 8.66. The second kappa shape index (κ2) is 19.1. The summed E-state index contributed by atoms with van der Waals surface area (Å²) < 4.78 is 0. The normalized spacial score (nSPS) is 11.7. The molecule has 0 radical (unpaired) electrons. The fraction of sp³-hybridized carbons (Fsp3) is 0.333. The average molecular weight is 538 g/mol. The van der Waals surface area contributed by atoms with Crippen LogP contribution in [0.1, 0.15) is 68.3 Å². The average Bonchev–Trinajstić information content (AvgIpc) is 2.94. The molecule has 1 unspecified atom stereocenters. The van der Waals surface area contributed by atoms with Gasteiger partial charge >= 0.3 is 0 Å². The van der Waals surface area contributed by atoms with Crippen molar-refractivity contribution in [3.8, 4) is 0 Å². The third kappa shape index (κ3) is 15.1. The van der Waals surface area contributed by atoms with Crippen molar-refractivity contribution in [3.05, 3.63) is 89.5 Å². The number of nitrogens with one attached hydrogen (secondary N) is 3. The first-order valence-corrected chi connectivity index (χ1v) is 12.9. The summed E-state index contributed by atoms with van der Waals surface area (Å²) >= 11 is 0. The third-order valence-corrected chi connectivity index (χ3v) is 5.61. The number of unbranched alkanes of at least 4 members (excludes halogenated alkanes) is 3. The molecule has 0 bridgehead atoms. The van der Waals surface area contributed by atoms with Crippen LogP contribution in [0, 0.1) is 12.8 Å². The Morgan fingerprint density at radius 2 is 1.38 bits per heavy atom. The van der Waals surface area contributed by atoms with E-state index in [0.717, 1.165) is 42.5 Å². The molecule has 2 rings (SSSR count). The minimum absolute atomic E-state index is 0.0132. The molecule has 0 aliphatic heterocycles. The van der Waals surface area contributed by atoms with E-state index in [1.54, 1.807) is 24.6 Å². The quantitative estimate of drug-likeness (QED) is 0.0586. The lowest BCUT2D eigenvalue weighted by molar-refractivity contribution is -0.129. The minimum atomic E-state index is -0.602. The van der Waals surface area contributed by atoms with Gasteiger partial charge in [-0.05, 0) is 38.8 Å². The van der Waals surface area contributed by atoms with Gasteiger partial charge in [0.1, 0.15) is 0 Å². The standard InChI is InChI=1S/C16H19NO3.C14H20N2O3/c1-11-4-7-14(8-5-11)16(19)13(3)10-12(2)6-9-15(18)17-20;17-13(15-12-8-4-3-5-9-12)10-6-1-2-7-11-14(18)16-19/h4-10,13,20H,1-3H3,(H,17,18);3-5,8-9,19H,1-2,6-7,10-11H2,(H,15,17)(H,16,18)/b9-6+,12-10+;. The van der Waals surface area contributed by atoms with Crippen LogP contribution in [-0.2, 0) is 14.4 Å². The Balaban J connectivity index is 0.000000391. The number of ketones is 1. The number of anilines is 1. The Bertz CT molecular complexity index is 1110. The predicted octanol–water partition coefficient (Wildman–Crippen LogP) is 5.29. The number of aryl methyl sites for hydroxylation is 1. The molecule has 0 saturated heterocycles. The molecule has 0 aromatic heterocycles. The van der Waals surface area contributed by atoms with Crippen molar-refractivity contribution in [3.63, 3.8) is 0 Å². The molecule has 0 aliphatic rings. The van der Waals surface area contributed by atoms with Crippen LogP contribution in [0.3, 0.4) is 0 Å². The van der Waals surface area contributed by atoms with Crippen molar-refractivity contribution in [2.24, 2.45) is 5.92 Å². The second-order valence-corrected chi connectivity index (χ2v) is 9.10. The molecular formula is C30H39N3O6. The maximum Gasteiger partial charge on any atom is 0.267 e. The number of allylic oxidation sites excluding steroid dienone is 3. The molecule has 0 fully saturated rings. The maximum absolute atomic E-state index is 12.2. The number of carbonyl (C=O) groups excluding carboxylic acids is 4. The Labute approximate surface area is 229 Å². The topological polar surface area (TPSA) is 145 Å². The van der Waals surface area contributed by atoms with Crippen molar-refractivity contribution in [1.29, 1.82) is 0 Å². The number of Topliss-reactive ketones (excluding diaryl/α,β-unsaturated/α-hetero) is 1. The zero-order valence-corrected chi connectivity index (χ0v) is 22.8. The first kappa shape index (κ1) is 32.9. The van der Waals surface area contributed by atoms with Crippen molar-refractivity contribution < 1.29 is 29.6 Å². The summed E-state index contributed by atoms with van der Waals surface area (Å²) in [5, 5.41) is 19.5. The van der Waals surface area contributed by atoms with Crippen LogP contribution >= 0.6 is 0 Å². The molecule has 9 nitrogen and oxygen atoms in total. The molecule has 2 aromatic carbocycles. The summed E-state index contributed by atoms with van der Waals surface area (Å²) in [6.45, 7) is 5.57. The number of para-hydroxylation sites is 1. The van der Waals surface area contributed by atoms with E-state index in [-0.39, 0.29) is 23.5 Å². The van der Waals surface area contributed by atoms with E-state index >= 15 is 0 Å². The van der Waals surface area contributed by atoms with Gasteiger partial charge in [-0.15, -0.1) is 0 Å². The fourth-order valence-corrected chi connectivity index (χ4v) is 3.48. The molecule has 5 N–H and O–H groups in total. The van der Waals surface area contributed by atoms with Gasteiger partial charge in [0.05, 0.1) is 0 Å². The Morgan fingerprint density at radius 3 is 1.95 bits per heavy atom. The van der Waals surface area contributed by atoms with Gasteiger partial charge in [-0.2, -0.15) is 0 Å². The largest absolute Gasteiger partial charge is 0.326 e. The fourth-order valence-electron chi connectivity index (χ4n) is 3.48. The van der Waals surface area contributed by atoms with Crippen LogP contribution in [0.5, 0.6) is 0 Å². The highest BCUT2D eigenvalue weighted by molar-refractivity contribution is 5.98. The van der Waals surface area contributed by atoms with E-state index in [1.807, 2.05) is 68.4 Å². The van der Waals surface area contributed by atoms with Crippen LogP contribution in [0.25, 0.3) is 0 Å². The Kier molecular flexibility index (Phi) is 16.1. The number of amides is 3. The van der Waals surface area contributed by atoms with E-state index < -0.39 is 5.91 Å². The molecule has 210 valence electrons. The van der Waals surface area contributed by atoms with Crippen molar-refractivity contribution in [1.82, 2.24) is 11.0 Å². The van der Waals surface area contributed by atoms with Crippen LogP contribution in [0.15, 0.2) is 78.4 Å². The monoisotopic (exact) mass is 537 g/mol. The summed E-state index contributed by atoms with van der Waals surface area (Å²) in [7, 11) is 0. The highest BCUT2D eigenvalue weighted by Crippen LogP contribution is 2.13. The van der Waals surface area contributed by atoms with Gasteiger partial charge in [-0.25, -0.2) is 11.0 Å². The first-order valence-electron chi connectivity index (χ1n) is 12.9. The maximum atomic E-state index is 12.2. The van der Waals surface area contributed by atoms with Gasteiger partial charge in [0.2, 0.25) is 11.8 Å². The number of hydrogen-bond donors (Lipinski definition) is 5. The molecule has 9 heteroatoms. The van der Waals surface area contributed by atoms with Gasteiger partial charge in [-0.3, -0.25) is 29.6 Å². The lowest BCUT2D eigenvalue weighted by atomic mass is 9.96. The number of carbonyl (C=O) groups is 4. The zero-order chi connectivity index (χ0) is 29.0. The van der Waals surface area contributed by atoms with E-state index in [1.165, 1.54) is 11.6 Å². The molecule has 0 aliphatic carbocycles. The predicted molar refractivity (Wildman–Crippen MR) is 150 cm³/mol. The van der Waals surface area contributed by atoms with Gasteiger partial charge in [0.15, 0.2) is 5.78 Å². The van der Waals surface area contributed by atoms with Crippen molar-refractivity contribution in [2.45, 2.75) is 59.3 Å². The Hall–Kier alpha value is -4.08. The van der Waals surface area contributed by atoms with Gasteiger partial charge < -0.3 is 5.32 Å². The molecule has 0 spiro atoms. The van der Waals surface area contributed by atoms with E-state index in [0.29, 0.717) is 18.4 Å². The summed E-state index contributed by atoms with van der Waals surface area (Å²) in [5.74, 6) is -1.19. The van der Waals surface area contributed by atoms with E-state index in [4.69, 9.17) is 10.4 Å². The highest BCUT2D eigenvalue weighted by atomic mass is 16.5. The number of rotatable bonds is 13. The van der Waals surface area contributed by atoms with Crippen LogP contribution in [0.4, 0.5) is 5.69 Å². The Morgan fingerprint density at radius 1 is 0.795 bits per heavy atom. The molecule has 0 heterocycles. The van der Waals surface area contributed by atoms with E-state index in [9.17, 15) is 19.2 Å². The van der Waals surface area contributed by atoms with Crippen molar-refractivity contribution >= 4 is 29.2 Å². The van der Waals surface area contributed by atoms with Gasteiger partial charge in [0, 0.05) is 36.1 Å². The smallest absolute Gasteiger partial charge is 0.267 e. The van der Waals surface area contributed by atoms with Crippen molar-refractivity contribution in [2.75, 3.05) is 5.32 Å². The van der Waals surface area contributed by atoms with E-state index in [2.05, 4.69) is 5.32 Å². The number of hydrogen-bond acceptors (Lipinski definition) is 6. The van der Waals surface area contributed by atoms with Gasteiger partial charge in [-0.1, -0.05) is 85.5 Å². The summed E-state index contributed by atoms with van der Waals surface area (Å²) in [4.78, 5) is 45.4. The van der Waals surface area contributed by atoms with Gasteiger partial charge in [0.25, 0.3) is 5.91 Å². The molecular weight excluding hydrogens is 498 g/mol. The summed E-state index contributed by atoms with van der Waals surface area (Å²) in [5.41, 5.74) is 6.48. The second-order valence-electron chi connectivity index (χ2n) is 9.10. The molecule has 0 saturated carbocycles. The first-order chi connectivity index (χ1) is 18.7. The van der Waals surface area contributed by atoms with Crippen LogP contribution < -0.4 is 16.3 Å². The number of hydroxylamine groups is 2. The lowest BCUT2D eigenvalue weighted by Gasteiger charge is -2.07. The minimum Gasteiger partial charge on any atom is -0.326 e. The van der Waals surface area contributed by atoms with Crippen LogP contribution in [0.2, 0.25) is 0 Å².